The number of aryl methyl sites for hydroxylation is 1. The number of hydrogen-bond donors (Lipinski definition) is 1. The maximum atomic E-state index is 13.8. The maximum absolute atomic E-state index is 13.8. The minimum atomic E-state index is -4.16. The standard InChI is InChI=1S/C26H30N2O6S/c1-5-33-22-12-8-20(9-13-22)27-26(29)18-28(21-10-14-23(15-11-21)34-6-2)35(30,31)25-17-19(3)7-16-24(25)32-4/h7-17H,5-6,18H2,1-4H3,(H,27,29). The SMILES string of the molecule is CCOc1ccc(NC(=O)CN(c2ccc(OCC)cc2)S(=O)(=O)c2cc(C)ccc2OC)cc1. The summed E-state index contributed by atoms with van der Waals surface area (Å²) in [6.07, 6.45) is 0. The van der Waals surface area contributed by atoms with Gasteiger partial charge in [0.1, 0.15) is 28.7 Å². The number of benzene rings is 3. The Morgan fingerprint density at radius 3 is 2.00 bits per heavy atom. The molecule has 0 aromatic heterocycles. The van der Waals surface area contributed by atoms with Crippen LogP contribution in [0.3, 0.4) is 0 Å². The molecule has 0 saturated heterocycles. The number of nitrogens with one attached hydrogen (secondary N) is 1. The van der Waals surface area contributed by atoms with E-state index in [-0.39, 0.29) is 10.6 Å². The summed E-state index contributed by atoms with van der Waals surface area (Å²) in [5.74, 6) is 0.966. The molecule has 0 spiro atoms. The molecule has 3 aromatic rings. The molecule has 0 fully saturated rings. The molecule has 0 unspecified atom stereocenters. The second kappa shape index (κ2) is 11.6. The van der Waals surface area contributed by atoms with Crippen molar-refractivity contribution >= 4 is 27.3 Å². The molecule has 9 heteroatoms. The van der Waals surface area contributed by atoms with Crippen LogP contribution in [0.25, 0.3) is 0 Å². The number of nitrogens with zero attached hydrogens (tertiary/aromatic N) is 1. The number of rotatable bonds is 11. The van der Waals surface area contributed by atoms with E-state index in [2.05, 4.69) is 5.32 Å². The first-order valence-corrected chi connectivity index (χ1v) is 12.7. The molecule has 3 rings (SSSR count). The van der Waals surface area contributed by atoms with Crippen LogP contribution >= 0.6 is 0 Å². The number of amides is 1. The Bertz CT molecular complexity index is 1240. The maximum Gasteiger partial charge on any atom is 0.268 e. The van der Waals surface area contributed by atoms with E-state index < -0.39 is 22.5 Å². The number of carbonyl (C=O) groups excluding carboxylic acids is 1. The van der Waals surface area contributed by atoms with Gasteiger partial charge in [0.05, 0.1) is 26.0 Å². The van der Waals surface area contributed by atoms with Crippen LogP contribution in [0.5, 0.6) is 17.2 Å². The summed E-state index contributed by atoms with van der Waals surface area (Å²) < 4.78 is 44.9. The van der Waals surface area contributed by atoms with Crippen molar-refractivity contribution in [1.29, 1.82) is 0 Å². The van der Waals surface area contributed by atoms with Crippen molar-refractivity contribution in [3.05, 3.63) is 72.3 Å². The van der Waals surface area contributed by atoms with E-state index >= 15 is 0 Å². The van der Waals surface area contributed by atoms with E-state index in [1.54, 1.807) is 67.6 Å². The number of anilines is 2. The van der Waals surface area contributed by atoms with Gasteiger partial charge in [-0.05, 0) is 87.0 Å². The molecule has 8 nitrogen and oxygen atoms in total. The number of hydrogen-bond acceptors (Lipinski definition) is 6. The van der Waals surface area contributed by atoms with Crippen molar-refractivity contribution in [2.75, 3.05) is 36.5 Å². The zero-order valence-electron chi connectivity index (χ0n) is 20.3. The Balaban J connectivity index is 1.95. The van der Waals surface area contributed by atoms with Crippen molar-refractivity contribution < 1.29 is 27.4 Å². The van der Waals surface area contributed by atoms with Gasteiger partial charge in [0, 0.05) is 5.69 Å². The van der Waals surface area contributed by atoms with E-state index in [9.17, 15) is 13.2 Å². The molecular weight excluding hydrogens is 468 g/mol. The molecule has 0 radical (unpaired) electrons. The fraction of sp³-hybridized carbons (Fsp3) is 0.269. The van der Waals surface area contributed by atoms with Gasteiger partial charge in [-0.1, -0.05) is 6.07 Å². The third-order valence-corrected chi connectivity index (χ3v) is 6.85. The molecule has 0 bridgehead atoms. The van der Waals surface area contributed by atoms with Crippen molar-refractivity contribution in [1.82, 2.24) is 0 Å². The lowest BCUT2D eigenvalue weighted by Crippen LogP contribution is -2.38. The largest absolute Gasteiger partial charge is 0.495 e. The highest BCUT2D eigenvalue weighted by atomic mass is 32.2. The number of sulfonamides is 1. The van der Waals surface area contributed by atoms with Gasteiger partial charge in [0.15, 0.2) is 0 Å². The normalized spacial score (nSPS) is 11.0. The van der Waals surface area contributed by atoms with Gasteiger partial charge in [0.2, 0.25) is 5.91 Å². The molecule has 1 amide bonds. The van der Waals surface area contributed by atoms with E-state index in [0.717, 1.165) is 9.87 Å². The first-order chi connectivity index (χ1) is 16.8. The summed E-state index contributed by atoms with van der Waals surface area (Å²) in [7, 11) is -2.75. The molecular formula is C26H30N2O6S. The van der Waals surface area contributed by atoms with Gasteiger partial charge >= 0.3 is 0 Å². The zero-order chi connectivity index (χ0) is 25.4. The Hall–Kier alpha value is -3.72. The van der Waals surface area contributed by atoms with Crippen molar-refractivity contribution in [3.8, 4) is 17.2 Å². The van der Waals surface area contributed by atoms with E-state index in [1.807, 2.05) is 13.8 Å². The monoisotopic (exact) mass is 498 g/mol. The highest BCUT2D eigenvalue weighted by molar-refractivity contribution is 7.93. The minimum absolute atomic E-state index is 0.0252. The van der Waals surface area contributed by atoms with Gasteiger partial charge in [-0.15, -0.1) is 0 Å². The highest BCUT2D eigenvalue weighted by Gasteiger charge is 2.30. The summed E-state index contributed by atoms with van der Waals surface area (Å²) in [5.41, 5.74) is 1.59. The smallest absolute Gasteiger partial charge is 0.268 e. The van der Waals surface area contributed by atoms with Crippen LogP contribution in [0.2, 0.25) is 0 Å². The Kier molecular flexibility index (Phi) is 8.59. The van der Waals surface area contributed by atoms with E-state index in [4.69, 9.17) is 14.2 Å². The summed E-state index contributed by atoms with van der Waals surface area (Å²) >= 11 is 0. The van der Waals surface area contributed by atoms with Crippen molar-refractivity contribution in [3.63, 3.8) is 0 Å². The van der Waals surface area contributed by atoms with Crippen LogP contribution in [0, 0.1) is 6.92 Å². The molecule has 3 aromatic carbocycles. The molecule has 0 atom stereocenters. The van der Waals surface area contributed by atoms with Crippen LogP contribution in [-0.4, -0.2) is 41.2 Å². The number of carbonyl (C=O) groups is 1. The molecule has 186 valence electrons. The highest BCUT2D eigenvalue weighted by Crippen LogP contribution is 2.31. The second-order valence-electron chi connectivity index (χ2n) is 7.60. The van der Waals surface area contributed by atoms with Gasteiger partial charge in [-0.3, -0.25) is 9.10 Å². The lowest BCUT2D eigenvalue weighted by Gasteiger charge is -2.25. The van der Waals surface area contributed by atoms with E-state index in [1.165, 1.54) is 13.2 Å². The molecule has 0 aliphatic heterocycles. The third kappa shape index (κ3) is 6.45. The summed E-state index contributed by atoms with van der Waals surface area (Å²) in [6.45, 7) is 6.10. The van der Waals surface area contributed by atoms with Crippen molar-refractivity contribution in [2.45, 2.75) is 25.7 Å². The zero-order valence-corrected chi connectivity index (χ0v) is 21.1. The fourth-order valence-corrected chi connectivity index (χ4v) is 5.09. The predicted octanol–water partition coefficient (Wildman–Crippen LogP) is 4.64. The van der Waals surface area contributed by atoms with E-state index in [0.29, 0.717) is 36.1 Å². The minimum Gasteiger partial charge on any atom is -0.495 e. The second-order valence-corrected chi connectivity index (χ2v) is 9.43. The number of ether oxygens (including phenoxy) is 3. The first kappa shape index (κ1) is 25.9. The van der Waals surface area contributed by atoms with Gasteiger partial charge in [-0.2, -0.15) is 0 Å². The topological polar surface area (TPSA) is 94.2 Å². The van der Waals surface area contributed by atoms with Gasteiger partial charge < -0.3 is 19.5 Å². The molecule has 0 aliphatic carbocycles. The lowest BCUT2D eigenvalue weighted by atomic mass is 10.2. The fourth-order valence-electron chi connectivity index (χ4n) is 3.43. The lowest BCUT2D eigenvalue weighted by molar-refractivity contribution is -0.114. The van der Waals surface area contributed by atoms with Gasteiger partial charge in [-0.25, -0.2) is 8.42 Å². The molecule has 0 heterocycles. The van der Waals surface area contributed by atoms with Crippen LogP contribution < -0.4 is 23.8 Å². The average Bonchev–Trinajstić information content (AvgIpc) is 2.84. The van der Waals surface area contributed by atoms with Gasteiger partial charge in [0.25, 0.3) is 10.0 Å². The van der Waals surface area contributed by atoms with Crippen LogP contribution in [0.4, 0.5) is 11.4 Å². The quantitative estimate of drug-likeness (QED) is 0.414. The first-order valence-electron chi connectivity index (χ1n) is 11.2. The number of methoxy groups -OCH3 is 1. The summed E-state index contributed by atoms with van der Waals surface area (Å²) in [4.78, 5) is 12.9. The van der Waals surface area contributed by atoms with Crippen molar-refractivity contribution in [2.24, 2.45) is 0 Å². The van der Waals surface area contributed by atoms with Crippen LogP contribution in [0.15, 0.2) is 71.6 Å². The Labute approximate surface area is 206 Å². The summed E-state index contributed by atoms with van der Waals surface area (Å²) in [5, 5.41) is 2.75. The van der Waals surface area contributed by atoms with Crippen LogP contribution in [-0.2, 0) is 14.8 Å². The summed E-state index contributed by atoms with van der Waals surface area (Å²) in [6, 6.07) is 18.3. The third-order valence-electron chi connectivity index (χ3n) is 5.06. The Morgan fingerprint density at radius 1 is 0.886 bits per heavy atom. The molecule has 1 N–H and O–H groups in total. The molecule has 0 aliphatic rings. The molecule has 0 saturated carbocycles. The molecule has 35 heavy (non-hydrogen) atoms. The Morgan fingerprint density at radius 2 is 1.46 bits per heavy atom. The predicted molar refractivity (Wildman–Crippen MR) is 136 cm³/mol. The average molecular weight is 499 g/mol. The van der Waals surface area contributed by atoms with Crippen LogP contribution in [0.1, 0.15) is 19.4 Å².